The van der Waals surface area contributed by atoms with E-state index in [0.29, 0.717) is 37.1 Å². The summed E-state index contributed by atoms with van der Waals surface area (Å²) in [6.45, 7) is 14.7. The van der Waals surface area contributed by atoms with Crippen molar-refractivity contribution in [2.75, 3.05) is 19.8 Å². The van der Waals surface area contributed by atoms with Gasteiger partial charge in [0.2, 0.25) is 5.75 Å². The molecule has 180 valence electrons. The van der Waals surface area contributed by atoms with Gasteiger partial charge in [-0.1, -0.05) is 0 Å². The second-order valence-electron chi connectivity index (χ2n) is 8.26. The van der Waals surface area contributed by atoms with E-state index in [1.54, 1.807) is 20.8 Å². The predicted octanol–water partition coefficient (Wildman–Crippen LogP) is 2.95. The van der Waals surface area contributed by atoms with Crippen LogP contribution in [-0.2, 0) is 9.53 Å². The standard InChI is InChI=1S/C22H35N3O7/c1-9-29-15-12-14(13-16(30-10-2)17(15)31-11-3)18(26)24-25-19(27)22(7,8)23-20(28)32-21(4,5)6/h12-13H,9-11H2,1-8H3,(H,23,28)(H,24,26)(H,25,27). The molecule has 0 fully saturated rings. The molecular formula is C22H35N3O7. The summed E-state index contributed by atoms with van der Waals surface area (Å²) in [6, 6.07) is 3.01. The first-order valence-corrected chi connectivity index (χ1v) is 10.5. The zero-order valence-electron chi connectivity index (χ0n) is 20.1. The van der Waals surface area contributed by atoms with Gasteiger partial charge >= 0.3 is 6.09 Å². The smallest absolute Gasteiger partial charge is 0.408 e. The van der Waals surface area contributed by atoms with Crippen molar-refractivity contribution < 1.29 is 33.3 Å². The lowest BCUT2D eigenvalue weighted by Crippen LogP contribution is -2.59. The van der Waals surface area contributed by atoms with E-state index in [4.69, 9.17) is 18.9 Å². The van der Waals surface area contributed by atoms with Gasteiger partial charge in [-0.05, 0) is 67.5 Å². The number of rotatable bonds is 9. The molecule has 0 aliphatic heterocycles. The Morgan fingerprint density at radius 1 is 0.812 bits per heavy atom. The number of hydrogen-bond donors (Lipinski definition) is 3. The SMILES string of the molecule is CCOc1cc(C(=O)NNC(=O)C(C)(C)NC(=O)OC(C)(C)C)cc(OCC)c1OCC. The maximum atomic E-state index is 12.7. The van der Waals surface area contributed by atoms with Gasteiger partial charge in [-0.25, -0.2) is 4.79 Å². The Hall–Kier alpha value is -3.17. The molecule has 1 aromatic carbocycles. The largest absolute Gasteiger partial charge is 0.490 e. The molecular weight excluding hydrogens is 418 g/mol. The van der Waals surface area contributed by atoms with Crippen molar-refractivity contribution in [3.63, 3.8) is 0 Å². The van der Waals surface area contributed by atoms with Crippen molar-refractivity contribution >= 4 is 17.9 Å². The lowest BCUT2D eigenvalue weighted by Gasteiger charge is -2.27. The van der Waals surface area contributed by atoms with E-state index in [1.165, 1.54) is 26.0 Å². The molecule has 0 spiro atoms. The third-order valence-corrected chi connectivity index (χ3v) is 3.84. The summed E-state index contributed by atoms with van der Waals surface area (Å²) in [4.78, 5) is 37.2. The monoisotopic (exact) mass is 453 g/mol. The average molecular weight is 454 g/mol. The van der Waals surface area contributed by atoms with Crippen LogP contribution in [0.4, 0.5) is 4.79 Å². The summed E-state index contributed by atoms with van der Waals surface area (Å²) >= 11 is 0. The molecule has 0 bridgehead atoms. The molecule has 0 saturated carbocycles. The maximum absolute atomic E-state index is 12.7. The van der Waals surface area contributed by atoms with Crippen LogP contribution in [0.3, 0.4) is 0 Å². The summed E-state index contributed by atoms with van der Waals surface area (Å²) in [6.07, 6.45) is -0.752. The Bertz CT molecular complexity index is 789. The third kappa shape index (κ3) is 8.16. The Balaban J connectivity index is 2.95. The molecule has 0 saturated heterocycles. The fourth-order valence-electron chi connectivity index (χ4n) is 2.48. The number of carbonyl (C=O) groups is 3. The highest BCUT2D eigenvalue weighted by molar-refractivity contribution is 5.98. The first-order valence-electron chi connectivity index (χ1n) is 10.5. The maximum Gasteiger partial charge on any atom is 0.408 e. The Morgan fingerprint density at radius 3 is 1.75 bits per heavy atom. The fraction of sp³-hybridized carbons (Fsp3) is 0.591. The van der Waals surface area contributed by atoms with Crippen molar-refractivity contribution in [1.82, 2.24) is 16.2 Å². The molecule has 10 heteroatoms. The van der Waals surface area contributed by atoms with Crippen molar-refractivity contribution in [2.24, 2.45) is 0 Å². The van der Waals surface area contributed by atoms with Crippen molar-refractivity contribution in [3.05, 3.63) is 17.7 Å². The predicted molar refractivity (Wildman–Crippen MR) is 119 cm³/mol. The molecule has 0 unspecified atom stereocenters. The van der Waals surface area contributed by atoms with Crippen molar-refractivity contribution in [3.8, 4) is 17.2 Å². The summed E-state index contributed by atoms with van der Waals surface area (Å²) in [7, 11) is 0. The van der Waals surface area contributed by atoms with Crippen LogP contribution in [0.15, 0.2) is 12.1 Å². The fourth-order valence-corrected chi connectivity index (χ4v) is 2.48. The van der Waals surface area contributed by atoms with E-state index in [1.807, 2.05) is 20.8 Å². The van der Waals surface area contributed by atoms with E-state index < -0.39 is 29.0 Å². The quantitative estimate of drug-likeness (QED) is 0.491. The van der Waals surface area contributed by atoms with E-state index in [-0.39, 0.29) is 5.56 Å². The van der Waals surface area contributed by atoms with Gasteiger partial charge in [0.05, 0.1) is 19.8 Å². The van der Waals surface area contributed by atoms with Crippen LogP contribution in [0, 0.1) is 0 Å². The molecule has 0 radical (unpaired) electrons. The van der Waals surface area contributed by atoms with Crippen molar-refractivity contribution in [2.45, 2.75) is 66.5 Å². The minimum absolute atomic E-state index is 0.193. The van der Waals surface area contributed by atoms with Crippen LogP contribution in [0.2, 0.25) is 0 Å². The van der Waals surface area contributed by atoms with Crippen LogP contribution in [0.25, 0.3) is 0 Å². The van der Waals surface area contributed by atoms with Crippen LogP contribution in [0.1, 0.15) is 65.7 Å². The zero-order valence-corrected chi connectivity index (χ0v) is 20.1. The van der Waals surface area contributed by atoms with Gasteiger partial charge in [0.15, 0.2) is 11.5 Å². The molecule has 3 N–H and O–H groups in total. The van der Waals surface area contributed by atoms with Gasteiger partial charge in [0.1, 0.15) is 11.1 Å². The summed E-state index contributed by atoms with van der Waals surface area (Å²) in [5.74, 6) is -0.138. The molecule has 0 heterocycles. The minimum Gasteiger partial charge on any atom is -0.490 e. The first-order chi connectivity index (χ1) is 14.8. The molecule has 0 aliphatic carbocycles. The second kappa shape index (κ2) is 11.4. The molecule has 10 nitrogen and oxygen atoms in total. The highest BCUT2D eigenvalue weighted by Gasteiger charge is 2.32. The van der Waals surface area contributed by atoms with Gasteiger partial charge in [0, 0.05) is 5.56 Å². The lowest BCUT2D eigenvalue weighted by molar-refractivity contribution is -0.127. The van der Waals surface area contributed by atoms with E-state index in [2.05, 4.69) is 16.2 Å². The van der Waals surface area contributed by atoms with E-state index in [9.17, 15) is 14.4 Å². The summed E-state index contributed by atoms with van der Waals surface area (Å²) in [5, 5.41) is 2.47. The number of hydrazine groups is 1. The number of alkyl carbamates (subject to hydrolysis) is 1. The average Bonchev–Trinajstić information content (AvgIpc) is 2.66. The van der Waals surface area contributed by atoms with Gasteiger partial charge in [-0.3, -0.25) is 20.4 Å². The molecule has 1 rings (SSSR count). The van der Waals surface area contributed by atoms with Crippen LogP contribution in [-0.4, -0.2) is 48.9 Å². The Morgan fingerprint density at radius 2 is 1.31 bits per heavy atom. The normalized spacial score (nSPS) is 11.2. The second-order valence-corrected chi connectivity index (χ2v) is 8.26. The number of hydrogen-bond acceptors (Lipinski definition) is 7. The Kier molecular flexibility index (Phi) is 9.61. The number of benzene rings is 1. The minimum atomic E-state index is -1.35. The highest BCUT2D eigenvalue weighted by Crippen LogP contribution is 2.39. The Labute approximate surface area is 189 Å². The first kappa shape index (κ1) is 26.9. The van der Waals surface area contributed by atoms with Gasteiger partial charge in [-0.2, -0.15) is 0 Å². The van der Waals surface area contributed by atoms with Crippen LogP contribution >= 0.6 is 0 Å². The lowest BCUT2D eigenvalue weighted by atomic mass is 10.1. The third-order valence-electron chi connectivity index (χ3n) is 3.84. The number of nitrogens with one attached hydrogen (secondary N) is 3. The van der Waals surface area contributed by atoms with Crippen LogP contribution in [0.5, 0.6) is 17.2 Å². The zero-order chi connectivity index (χ0) is 24.5. The number of ether oxygens (including phenoxy) is 4. The van der Waals surface area contributed by atoms with Gasteiger partial charge in [0.25, 0.3) is 11.8 Å². The van der Waals surface area contributed by atoms with Gasteiger partial charge < -0.3 is 24.3 Å². The molecule has 0 aromatic heterocycles. The molecule has 0 atom stereocenters. The van der Waals surface area contributed by atoms with Crippen LogP contribution < -0.4 is 30.4 Å². The highest BCUT2D eigenvalue weighted by atomic mass is 16.6. The number of carbonyl (C=O) groups excluding carboxylic acids is 3. The number of amides is 3. The molecule has 3 amide bonds. The summed E-state index contributed by atoms with van der Waals surface area (Å²) < 4.78 is 22.0. The van der Waals surface area contributed by atoms with E-state index in [0.717, 1.165) is 0 Å². The summed E-state index contributed by atoms with van der Waals surface area (Å²) in [5.41, 5.74) is 2.78. The molecule has 0 aliphatic rings. The van der Waals surface area contributed by atoms with E-state index >= 15 is 0 Å². The topological polar surface area (TPSA) is 124 Å². The molecule has 1 aromatic rings. The van der Waals surface area contributed by atoms with Crippen molar-refractivity contribution in [1.29, 1.82) is 0 Å². The molecule has 32 heavy (non-hydrogen) atoms. The van der Waals surface area contributed by atoms with Gasteiger partial charge in [-0.15, -0.1) is 0 Å².